The van der Waals surface area contributed by atoms with Crippen LogP contribution in [0.4, 0.5) is 11.5 Å². The Kier molecular flexibility index (Phi) is 1.45. The number of rotatable bonds is 0. The number of nitrogens with one attached hydrogen (secondary N) is 1. The molecule has 3 N–H and O–H groups in total. The summed E-state index contributed by atoms with van der Waals surface area (Å²) in [5.41, 5.74) is 4.90. The van der Waals surface area contributed by atoms with Gasteiger partial charge >= 0.3 is 5.69 Å². The molecule has 6 nitrogen and oxygen atoms in total. The summed E-state index contributed by atoms with van der Waals surface area (Å²) in [7, 11) is 1.42. The zero-order valence-corrected chi connectivity index (χ0v) is 7.20. The average molecular weight is 182 g/mol. The van der Waals surface area contributed by atoms with Crippen molar-refractivity contribution in [3.63, 3.8) is 0 Å². The highest BCUT2D eigenvalue weighted by molar-refractivity contribution is 5.61. The zero-order valence-electron chi connectivity index (χ0n) is 7.20. The predicted molar refractivity (Wildman–Crippen MR) is 48.8 cm³/mol. The first-order chi connectivity index (χ1) is 6.13. The number of fused-ring (bicyclic) bond motifs is 1. The molecule has 0 spiro atoms. The number of nitrogens with two attached hydrogens (primary N) is 1. The van der Waals surface area contributed by atoms with Crippen LogP contribution >= 0.6 is 0 Å². The van der Waals surface area contributed by atoms with Crippen LogP contribution in [0.3, 0.4) is 0 Å². The molecule has 1 aliphatic heterocycles. The fourth-order valence-corrected chi connectivity index (χ4v) is 1.48. The van der Waals surface area contributed by atoms with E-state index in [0.29, 0.717) is 18.9 Å². The number of nitrogen functional groups attached to an aromatic ring is 1. The van der Waals surface area contributed by atoms with Crippen molar-refractivity contribution in [3.05, 3.63) is 20.8 Å². The van der Waals surface area contributed by atoms with Crippen molar-refractivity contribution in [1.82, 2.24) is 9.13 Å². The van der Waals surface area contributed by atoms with Crippen LogP contribution < -0.4 is 22.3 Å². The molecule has 6 heteroatoms. The fraction of sp³-hybridized carbons (Fsp3) is 0.429. The standard InChI is InChI=1S/C7H10N4O2/c1-10-6(12)4(8)5-9-2-3-11(5)7(10)13/h9H,2-3,8H2,1H3. The Labute approximate surface area is 73.6 Å². The third-order valence-electron chi connectivity index (χ3n) is 2.21. The third-order valence-corrected chi connectivity index (χ3v) is 2.21. The van der Waals surface area contributed by atoms with E-state index in [1.165, 1.54) is 11.6 Å². The molecule has 13 heavy (non-hydrogen) atoms. The van der Waals surface area contributed by atoms with Crippen LogP contribution in [0.2, 0.25) is 0 Å². The molecule has 1 aromatic heterocycles. The molecule has 0 bridgehead atoms. The van der Waals surface area contributed by atoms with E-state index >= 15 is 0 Å². The van der Waals surface area contributed by atoms with Gasteiger partial charge < -0.3 is 11.1 Å². The molecule has 1 aliphatic rings. The summed E-state index contributed by atoms with van der Waals surface area (Å²) in [5.74, 6) is 0.452. The molecule has 0 amide bonds. The summed E-state index contributed by atoms with van der Waals surface area (Å²) < 4.78 is 2.49. The van der Waals surface area contributed by atoms with Gasteiger partial charge in [0.05, 0.1) is 0 Å². The van der Waals surface area contributed by atoms with Crippen molar-refractivity contribution in [2.24, 2.45) is 7.05 Å². The van der Waals surface area contributed by atoms with Gasteiger partial charge in [0.1, 0.15) is 11.5 Å². The van der Waals surface area contributed by atoms with Crippen molar-refractivity contribution in [3.8, 4) is 0 Å². The summed E-state index contributed by atoms with van der Waals surface area (Å²) in [6, 6.07) is 0. The second kappa shape index (κ2) is 2.38. The highest BCUT2D eigenvalue weighted by atomic mass is 16.2. The molecule has 0 aromatic carbocycles. The second-order valence-electron chi connectivity index (χ2n) is 2.99. The number of hydrogen-bond acceptors (Lipinski definition) is 4. The minimum absolute atomic E-state index is 0.111. The van der Waals surface area contributed by atoms with Crippen LogP contribution in [0.15, 0.2) is 9.59 Å². The molecule has 0 fully saturated rings. The Balaban J connectivity index is 2.93. The quantitative estimate of drug-likeness (QED) is 0.514. The van der Waals surface area contributed by atoms with Crippen molar-refractivity contribution < 1.29 is 0 Å². The molecule has 1 aromatic rings. The van der Waals surface area contributed by atoms with Gasteiger partial charge in [-0.25, -0.2) is 4.79 Å². The smallest absolute Gasteiger partial charge is 0.332 e. The van der Waals surface area contributed by atoms with Gasteiger partial charge in [0.15, 0.2) is 0 Å². The summed E-state index contributed by atoms with van der Waals surface area (Å²) in [4.78, 5) is 22.8. The highest BCUT2D eigenvalue weighted by Gasteiger charge is 2.18. The number of nitrogens with zero attached hydrogens (tertiary/aromatic N) is 2. The third kappa shape index (κ3) is 0.881. The maximum absolute atomic E-state index is 11.5. The van der Waals surface area contributed by atoms with E-state index < -0.39 is 5.56 Å². The van der Waals surface area contributed by atoms with Crippen molar-refractivity contribution in [2.45, 2.75) is 6.54 Å². The molecule has 70 valence electrons. The molecule has 0 unspecified atom stereocenters. The number of hydrogen-bond donors (Lipinski definition) is 2. The molecule has 0 radical (unpaired) electrons. The Morgan fingerprint density at radius 3 is 2.85 bits per heavy atom. The normalized spacial score (nSPS) is 13.9. The van der Waals surface area contributed by atoms with Gasteiger partial charge in [-0.15, -0.1) is 0 Å². The van der Waals surface area contributed by atoms with E-state index in [9.17, 15) is 9.59 Å². The van der Waals surface area contributed by atoms with Crippen LogP contribution in [-0.2, 0) is 13.6 Å². The molecular formula is C7H10N4O2. The van der Waals surface area contributed by atoms with Gasteiger partial charge in [-0.05, 0) is 0 Å². The number of anilines is 2. The van der Waals surface area contributed by atoms with E-state index in [0.717, 1.165) is 4.57 Å². The lowest BCUT2D eigenvalue weighted by Gasteiger charge is -2.06. The van der Waals surface area contributed by atoms with Gasteiger partial charge in [0, 0.05) is 20.1 Å². The van der Waals surface area contributed by atoms with E-state index in [4.69, 9.17) is 5.73 Å². The van der Waals surface area contributed by atoms with Crippen molar-refractivity contribution in [1.29, 1.82) is 0 Å². The summed E-state index contributed by atoms with van der Waals surface area (Å²) >= 11 is 0. The molecule has 0 atom stereocenters. The number of aromatic nitrogens is 2. The van der Waals surface area contributed by atoms with Crippen molar-refractivity contribution >= 4 is 11.5 Å². The zero-order chi connectivity index (χ0) is 9.59. The molecule has 0 saturated carbocycles. The highest BCUT2D eigenvalue weighted by Crippen LogP contribution is 2.14. The minimum atomic E-state index is -0.439. The molecule has 2 heterocycles. The first-order valence-corrected chi connectivity index (χ1v) is 3.96. The van der Waals surface area contributed by atoms with E-state index in [1.807, 2.05) is 0 Å². The SMILES string of the molecule is Cn1c(=O)c(N)c2n(c1=O)CCN2. The molecular weight excluding hydrogens is 172 g/mol. The maximum Gasteiger partial charge on any atom is 0.332 e. The lowest BCUT2D eigenvalue weighted by molar-refractivity contribution is 0.663. The maximum atomic E-state index is 11.5. The molecule has 0 aliphatic carbocycles. The second-order valence-corrected chi connectivity index (χ2v) is 2.99. The van der Waals surface area contributed by atoms with Crippen molar-refractivity contribution in [2.75, 3.05) is 17.6 Å². The van der Waals surface area contributed by atoms with Gasteiger partial charge in [-0.2, -0.15) is 0 Å². The van der Waals surface area contributed by atoms with E-state index in [-0.39, 0.29) is 11.4 Å². The Bertz CT molecular complexity index is 471. The van der Waals surface area contributed by atoms with E-state index in [2.05, 4.69) is 5.32 Å². The van der Waals surface area contributed by atoms with Crippen LogP contribution in [0.1, 0.15) is 0 Å². The van der Waals surface area contributed by atoms with Gasteiger partial charge in [-0.1, -0.05) is 0 Å². The Morgan fingerprint density at radius 2 is 2.15 bits per heavy atom. The van der Waals surface area contributed by atoms with Crippen LogP contribution in [-0.4, -0.2) is 15.7 Å². The Hall–Kier alpha value is -1.72. The lowest BCUT2D eigenvalue weighted by Crippen LogP contribution is -2.38. The fourth-order valence-electron chi connectivity index (χ4n) is 1.48. The van der Waals surface area contributed by atoms with Gasteiger partial charge in [0.2, 0.25) is 0 Å². The monoisotopic (exact) mass is 182 g/mol. The summed E-state index contributed by atoms with van der Waals surface area (Å²) in [6.07, 6.45) is 0. The Morgan fingerprint density at radius 1 is 1.46 bits per heavy atom. The minimum Gasteiger partial charge on any atom is -0.391 e. The summed E-state index contributed by atoms with van der Waals surface area (Å²) in [6.45, 7) is 1.20. The first kappa shape index (κ1) is 7.90. The average Bonchev–Trinajstić information content (AvgIpc) is 2.59. The van der Waals surface area contributed by atoms with E-state index in [1.54, 1.807) is 0 Å². The lowest BCUT2D eigenvalue weighted by atomic mass is 10.4. The topological polar surface area (TPSA) is 82.0 Å². The molecule has 2 rings (SSSR count). The largest absolute Gasteiger partial charge is 0.391 e. The van der Waals surface area contributed by atoms with Gasteiger partial charge in [0.25, 0.3) is 5.56 Å². The van der Waals surface area contributed by atoms with Crippen LogP contribution in [0.25, 0.3) is 0 Å². The first-order valence-electron chi connectivity index (χ1n) is 3.96. The van der Waals surface area contributed by atoms with Gasteiger partial charge in [-0.3, -0.25) is 13.9 Å². The van der Waals surface area contributed by atoms with Crippen LogP contribution in [0.5, 0.6) is 0 Å². The predicted octanol–water partition coefficient (Wildman–Crippen LogP) is -1.45. The molecule has 0 saturated heterocycles. The van der Waals surface area contributed by atoms with Crippen LogP contribution in [0, 0.1) is 0 Å². The summed E-state index contributed by atoms with van der Waals surface area (Å²) in [5, 5.41) is 2.90.